The Labute approximate surface area is 88.4 Å². The smallest absolute Gasteiger partial charge is 0.216 e. The van der Waals surface area contributed by atoms with Gasteiger partial charge >= 0.3 is 0 Å². The molecule has 1 aromatic carbocycles. The summed E-state index contributed by atoms with van der Waals surface area (Å²) in [5.74, 6) is 0.768. The number of nitrogens with zero attached hydrogens (tertiary/aromatic N) is 2. The van der Waals surface area contributed by atoms with Gasteiger partial charge in [0.15, 0.2) is 0 Å². The molecular formula is C11H13N2O2. The first-order valence-electron chi connectivity index (χ1n) is 5.02. The summed E-state index contributed by atoms with van der Waals surface area (Å²) in [6.45, 7) is 5.08. The lowest BCUT2D eigenvalue weighted by molar-refractivity contribution is 0.129. The van der Waals surface area contributed by atoms with Crippen LogP contribution in [0, 0.1) is 6.33 Å². The van der Waals surface area contributed by atoms with Crippen molar-refractivity contribution in [1.82, 2.24) is 9.71 Å². The summed E-state index contributed by atoms with van der Waals surface area (Å²) in [7, 11) is 0. The second kappa shape index (κ2) is 4.21. The highest BCUT2D eigenvalue weighted by Crippen LogP contribution is 2.23. The van der Waals surface area contributed by atoms with Crippen molar-refractivity contribution in [2.45, 2.75) is 13.8 Å². The molecule has 2 rings (SSSR count). The Kier molecular flexibility index (Phi) is 2.76. The van der Waals surface area contributed by atoms with E-state index in [1.54, 1.807) is 0 Å². The Morgan fingerprint density at radius 2 is 2.20 bits per heavy atom. The van der Waals surface area contributed by atoms with Crippen LogP contribution in [0.15, 0.2) is 18.2 Å². The molecule has 0 bridgehead atoms. The zero-order chi connectivity index (χ0) is 10.7. The normalized spacial score (nSPS) is 10.5. The molecule has 0 fully saturated rings. The van der Waals surface area contributed by atoms with Crippen LogP contribution in [0.1, 0.15) is 13.8 Å². The summed E-state index contributed by atoms with van der Waals surface area (Å²) in [6, 6.07) is 5.73. The second-order valence-corrected chi connectivity index (χ2v) is 2.98. The number of para-hydroxylation sites is 1. The molecule has 0 saturated heterocycles. The van der Waals surface area contributed by atoms with Crippen molar-refractivity contribution in [1.29, 1.82) is 0 Å². The lowest BCUT2D eigenvalue weighted by Crippen LogP contribution is -2.08. The maximum absolute atomic E-state index is 5.46. The highest BCUT2D eigenvalue weighted by atomic mass is 16.7. The van der Waals surface area contributed by atoms with Crippen molar-refractivity contribution in [2.75, 3.05) is 13.2 Å². The molecule has 15 heavy (non-hydrogen) atoms. The van der Waals surface area contributed by atoms with E-state index in [4.69, 9.17) is 9.57 Å². The fourth-order valence-corrected chi connectivity index (χ4v) is 1.44. The van der Waals surface area contributed by atoms with E-state index < -0.39 is 0 Å². The van der Waals surface area contributed by atoms with E-state index >= 15 is 0 Å². The monoisotopic (exact) mass is 205 g/mol. The predicted octanol–water partition coefficient (Wildman–Crippen LogP) is 1.68. The molecule has 0 aliphatic carbocycles. The number of fused-ring (bicyclic) bond motifs is 1. The minimum atomic E-state index is 0.584. The van der Waals surface area contributed by atoms with Crippen molar-refractivity contribution in [3.63, 3.8) is 0 Å². The van der Waals surface area contributed by atoms with Crippen molar-refractivity contribution >= 4 is 11.0 Å². The standard InChI is InChI=1S/C11H13N2O2/c1-3-14-10-7-5-6-9-11(10)12-8-13(9)15-4-2/h5-7H,3-4H2,1-2H3. The van der Waals surface area contributed by atoms with E-state index in [-0.39, 0.29) is 0 Å². The molecule has 1 aromatic heterocycles. The Morgan fingerprint density at radius 1 is 1.33 bits per heavy atom. The quantitative estimate of drug-likeness (QED) is 0.762. The summed E-state index contributed by atoms with van der Waals surface area (Å²) in [5.41, 5.74) is 1.66. The maximum atomic E-state index is 5.46. The molecular weight excluding hydrogens is 192 g/mol. The third kappa shape index (κ3) is 1.75. The number of rotatable bonds is 4. The van der Waals surface area contributed by atoms with E-state index in [1.807, 2.05) is 32.0 Å². The average Bonchev–Trinajstić information content (AvgIpc) is 2.64. The van der Waals surface area contributed by atoms with Crippen LogP contribution in [0.2, 0.25) is 0 Å². The average molecular weight is 205 g/mol. The molecule has 0 atom stereocenters. The number of aromatic nitrogens is 2. The zero-order valence-corrected chi connectivity index (χ0v) is 8.86. The van der Waals surface area contributed by atoms with Gasteiger partial charge < -0.3 is 9.57 Å². The van der Waals surface area contributed by atoms with E-state index in [2.05, 4.69) is 11.3 Å². The van der Waals surface area contributed by atoms with Crippen molar-refractivity contribution in [3.05, 3.63) is 24.5 Å². The van der Waals surface area contributed by atoms with Gasteiger partial charge in [0.05, 0.1) is 6.61 Å². The molecule has 79 valence electrons. The van der Waals surface area contributed by atoms with Crippen molar-refractivity contribution < 1.29 is 9.57 Å². The first kappa shape index (κ1) is 9.83. The lowest BCUT2D eigenvalue weighted by atomic mass is 10.3. The minimum absolute atomic E-state index is 0.584. The largest absolute Gasteiger partial charge is 0.492 e. The molecule has 1 radical (unpaired) electrons. The van der Waals surface area contributed by atoms with Crippen molar-refractivity contribution in [3.8, 4) is 5.75 Å². The number of imidazole rings is 1. The molecule has 4 heteroatoms. The van der Waals surface area contributed by atoms with Crippen LogP contribution in [0.25, 0.3) is 11.0 Å². The van der Waals surface area contributed by atoms with E-state index in [0.29, 0.717) is 13.2 Å². The first-order chi connectivity index (χ1) is 7.36. The SMILES string of the molecule is CCOc1cccc2c1n[c]n2OCC. The number of hydrogen-bond donors (Lipinski definition) is 0. The summed E-state index contributed by atoms with van der Waals surface area (Å²) in [5, 5.41) is 0. The molecule has 0 saturated carbocycles. The Morgan fingerprint density at radius 3 is 2.93 bits per heavy atom. The Balaban J connectivity index is 2.48. The van der Waals surface area contributed by atoms with Crippen LogP contribution in [-0.4, -0.2) is 22.9 Å². The van der Waals surface area contributed by atoms with Gasteiger partial charge in [-0.15, -0.1) is 0 Å². The molecule has 0 aliphatic heterocycles. The van der Waals surface area contributed by atoms with Gasteiger partial charge in [-0.3, -0.25) is 0 Å². The molecule has 2 aromatic rings. The zero-order valence-electron chi connectivity index (χ0n) is 8.86. The number of hydrogen-bond acceptors (Lipinski definition) is 3. The van der Waals surface area contributed by atoms with Crippen LogP contribution in [0.4, 0.5) is 0 Å². The molecule has 4 nitrogen and oxygen atoms in total. The first-order valence-corrected chi connectivity index (χ1v) is 5.02. The molecule has 0 unspecified atom stereocenters. The van der Waals surface area contributed by atoms with Gasteiger partial charge in [0.2, 0.25) is 6.33 Å². The minimum Gasteiger partial charge on any atom is -0.492 e. The Bertz CT molecular complexity index is 451. The van der Waals surface area contributed by atoms with Crippen LogP contribution in [-0.2, 0) is 0 Å². The molecule has 0 N–H and O–H groups in total. The van der Waals surface area contributed by atoms with Gasteiger partial charge in [0.25, 0.3) is 0 Å². The molecule has 0 spiro atoms. The third-order valence-electron chi connectivity index (χ3n) is 2.01. The summed E-state index contributed by atoms with van der Waals surface area (Å²) >= 11 is 0. The van der Waals surface area contributed by atoms with Crippen LogP contribution < -0.4 is 9.57 Å². The highest BCUT2D eigenvalue weighted by molar-refractivity contribution is 5.81. The summed E-state index contributed by atoms with van der Waals surface area (Å²) in [6.07, 6.45) is 2.78. The van der Waals surface area contributed by atoms with Crippen LogP contribution in [0.5, 0.6) is 5.75 Å². The van der Waals surface area contributed by atoms with Crippen molar-refractivity contribution in [2.24, 2.45) is 0 Å². The van der Waals surface area contributed by atoms with Gasteiger partial charge in [-0.05, 0) is 26.0 Å². The van der Waals surface area contributed by atoms with Crippen LogP contribution in [0.3, 0.4) is 0 Å². The topological polar surface area (TPSA) is 36.3 Å². The van der Waals surface area contributed by atoms with Crippen LogP contribution >= 0.6 is 0 Å². The van der Waals surface area contributed by atoms with Gasteiger partial charge in [0.1, 0.15) is 23.4 Å². The van der Waals surface area contributed by atoms with E-state index in [9.17, 15) is 0 Å². The lowest BCUT2D eigenvalue weighted by Gasteiger charge is -2.05. The maximum Gasteiger partial charge on any atom is 0.216 e. The fourth-order valence-electron chi connectivity index (χ4n) is 1.44. The molecule has 0 aliphatic rings. The summed E-state index contributed by atoms with van der Waals surface area (Å²) in [4.78, 5) is 9.48. The second-order valence-electron chi connectivity index (χ2n) is 2.98. The van der Waals surface area contributed by atoms with Gasteiger partial charge in [-0.2, -0.15) is 4.73 Å². The fraction of sp³-hybridized carbons (Fsp3) is 0.364. The predicted molar refractivity (Wildman–Crippen MR) is 56.9 cm³/mol. The third-order valence-corrected chi connectivity index (χ3v) is 2.01. The van der Waals surface area contributed by atoms with Gasteiger partial charge in [-0.25, -0.2) is 4.98 Å². The molecule has 1 heterocycles. The molecule has 0 amide bonds. The van der Waals surface area contributed by atoms with Gasteiger partial charge in [0, 0.05) is 0 Å². The van der Waals surface area contributed by atoms with E-state index in [1.165, 1.54) is 4.73 Å². The van der Waals surface area contributed by atoms with Gasteiger partial charge in [-0.1, -0.05) is 6.07 Å². The number of benzene rings is 1. The van der Waals surface area contributed by atoms with E-state index in [0.717, 1.165) is 16.8 Å². The summed E-state index contributed by atoms with van der Waals surface area (Å²) < 4.78 is 7.00. The highest BCUT2D eigenvalue weighted by Gasteiger charge is 2.08. The Hall–Kier alpha value is -1.71. The number of ether oxygens (including phenoxy) is 1.